The summed E-state index contributed by atoms with van der Waals surface area (Å²) in [6, 6.07) is 9.99. The summed E-state index contributed by atoms with van der Waals surface area (Å²) >= 11 is 0. The molecule has 0 bridgehead atoms. The van der Waals surface area contributed by atoms with E-state index in [1.54, 1.807) is 6.20 Å². The summed E-state index contributed by atoms with van der Waals surface area (Å²) in [5.41, 5.74) is 1.45. The van der Waals surface area contributed by atoms with Crippen molar-refractivity contribution in [3.8, 4) is 0 Å². The number of benzene rings is 1. The first kappa shape index (κ1) is 14.2. The molecular weight excluding hydrogens is 250 g/mol. The van der Waals surface area contributed by atoms with Crippen LogP contribution in [0.15, 0.2) is 48.9 Å². The quantitative estimate of drug-likeness (QED) is 0.907. The van der Waals surface area contributed by atoms with Crippen LogP contribution in [0.5, 0.6) is 0 Å². The molecule has 1 aromatic carbocycles. The zero-order chi connectivity index (χ0) is 14.4. The normalized spacial score (nSPS) is 12.2. The first-order valence-corrected chi connectivity index (χ1v) is 6.78. The molecule has 0 aliphatic rings. The number of hydrogen-bond donors (Lipinski definition) is 1. The lowest BCUT2D eigenvalue weighted by molar-refractivity contribution is 0.0926. The number of carbonyl (C=O) groups is 1. The van der Waals surface area contributed by atoms with E-state index >= 15 is 0 Å². The van der Waals surface area contributed by atoms with Crippen LogP contribution in [0, 0.1) is 5.92 Å². The van der Waals surface area contributed by atoms with Crippen LogP contribution < -0.4 is 5.32 Å². The van der Waals surface area contributed by atoms with E-state index in [1.165, 1.54) is 12.4 Å². The average molecular weight is 269 g/mol. The molecule has 2 rings (SSSR count). The van der Waals surface area contributed by atoms with Crippen LogP contribution in [0.25, 0.3) is 0 Å². The highest BCUT2D eigenvalue weighted by Gasteiger charge is 2.17. The van der Waals surface area contributed by atoms with Crippen molar-refractivity contribution in [1.29, 1.82) is 0 Å². The number of carbonyl (C=O) groups excluding carboxylic acids is 1. The largest absolute Gasteiger partial charge is 0.344 e. The van der Waals surface area contributed by atoms with Gasteiger partial charge in [0.2, 0.25) is 0 Å². The van der Waals surface area contributed by atoms with Crippen LogP contribution in [0.1, 0.15) is 42.4 Å². The third-order valence-corrected chi connectivity index (χ3v) is 3.01. The summed E-state index contributed by atoms with van der Waals surface area (Å²) in [7, 11) is 0. The number of rotatable bonds is 5. The molecular formula is C16H19N3O. The summed E-state index contributed by atoms with van der Waals surface area (Å²) in [5.74, 6) is 0.301. The zero-order valence-electron chi connectivity index (χ0n) is 11.8. The van der Waals surface area contributed by atoms with Gasteiger partial charge in [0.1, 0.15) is 5.69 Å². The van der Waals surface area contributed by atoms with Crippen LogP contribution in [0.4, 0.5) is 0 Å². The number of nitrogens with zero attached hydrogens (tertiary/aromatic N) is 2. The third-order valence-electron chi connectivity index (χ3n) is 3.01. The fourth-order valence-corrected chi connectivity index (χ4v) is 2.08. The first-order chi connectivity index (χ1) is 9.66. The Morgan fingerprint density at radius 2 is 1.95 bits per heavy atom. The SMILES string of the molecule is CC(C)C[C@@H](NC(=O)c1cnccn1)c1ccccc1. The second-order valence-corrected chi connectivity index (χ2v) is 5.16. The highest BCUT2D eigenvalue weighted by Crippen LogP contribution is 2.21. The molecule has 20 heavy (non-hydrogen) atoms. The van der Waals surface area contributed by atoms with Gasteiger partial charge in [0, 0.05) is 12.4 Å². The van der Waals surface area contributed by atoms with E-state index in [9.17, 15) is 4.79 Å². The lowest BCUT2D eigenvalue weighted by Gasteiger charge is -2.20. The van der Waals surface area contributed by atoms with Gasteiger partial charge in [0.15, 0.2) is 0 Å². The van der Waals surface area contributed by atoms with Crippen LogP contribution >= 0.6 is 0 Å². The van der Waals surface area contributed by atoms with Crippen LogP contribution in [-0.2, 0) is 0 Å². The van der Waals surface area contributed by atoms with Crippen molar-refractivity contribution in [3.05, 3.63) is 60.2 Å². The average Bonchev–Trinajstić information content (AvgIpc) is 2.48. The molecule has 1 amide bonds. The highest BCUT2D eigenvalue weighted by molar-refractivity contribution is 5.92. The summed E-state index contributed by atoms with van der Waals surface area (Å²) in [5, 5.41) is 3.04. The van der Waals surface area contributed by atoms with Gasteiger partial charge in [-0.2, -0.15) is 0 Å². The van der Waals surface area contributed by atoms with Crippen molar-refractivity contribution in [3.63, 3.8) is 0 Å². The minimum Gasteiger partial charge on any atom is -0.344 e. The van der Waals surface area contributed by atoms with Gasteiger partial charge in [-0.3, -0.25) is 9.78 Å². The molecule has 0 saturated carbocycles. The lowest BCUT2D eigenvalue weighted by atomic mass is 9.97. The third kappa shape index (κ3) is 3.88. The summed E-state index contributed by atoms with van der Waals surface area (Å²) in [6.45, 7) is 4.29. The van der Waals surface area contributed by atoms with Gasteiger partial charge in [-0.05, 0) is 17.9 Å². The Labute approximate surface area is 119 Å². The van der Waals surface area contributed by atoms with E-state index in [0.29, 0.717) is 11.6 Å². The second kappa shape index (κ2) is 6.80. The Bertz CT molecular complexity index is 540. The molecule has 1 aromatic heterocycles. The fraction of sp³-hybridized carbons (Fsp3) is 0.312. The van der Waals surface area contributed by atoms with Crippen molar-refractivity contribution in [2.24, 2.45) is 5.92 Å². The first-order valence-electron chi connectivity index (χ1n) is 6.78. The maximum Gasteiger partial charge on any atom is 0.271 e. The molecule has 1 atom stereocenters. The summed E-state index contributed by atoms with van der Waals surface area (Å²) in [6.07, 6.45) is 5.44. The van der Waals surface area contributed by atoms with Gasteiger partial charge < -0.3 is 5.32 Å². The Hall–Kier alpha value is -2.23. The van der Waals surface area contributed by atoms with E-state index in [2.05, 4.69) is 29.1 Å². The Balaban J connectivity index is 2.14. The molecule has 0 spiro atoms. The molecule has 4 nitrogen and oxygen atoms in total. The maximum atomic E-state index is 12.2. The Kier molecular flexibility index (Phi) is 4.82. The molecule has 2 aromatic rings. The van der Waals surface area contributed by atoms with Gasteiger partial charge in [-0.15, -0.1) is 0 Å². The zero-order valence-corrected chi connectivity index (χ0v) is 11.8. The molecule has 104 valence electrons. The van der Waals surface area contributed by atoms with Crippen molar-refractivity contribution < 1.29 is 4.79 Å². The van der Waals surface area contributed by atoms with E-state index in [-0.39, 0.29) is 11.9 Å². The van der Waals surface area contributed by atoms with Crippen LogP contribution in [-0.4, -0.2) is 15.9 Å². The molecule has 0 saturated heterocycles. The predicted octanol–water partition coefficient (Wildman–Crippen LogP) is 2.99. The number of amides is 1. The monoisotopic (exact) mass is 269 g/mol. The van der Waals surface area contributed by atoms with Gasteiger partial charge in [-0.1, -0.05) is 44.2 Å². The smallest absolute Gasteiger partial charge is 0.271 e. The molecule has 0 aliphatic heterocycles. The number of nitrogens with one attached hydrogen (secondary N) is 1. The lowest BCUT2D eigenvalue weighted by Crippen LogP contribution is -2.30. The number of aromatic nitrogens is 2. The molecule has 0 fully saturated rings. The molecule has 0 radical (unpaired) electrons. The minimum absolute atomic E-state index is 0.00861. The van der Waals surface area contributed by atoms with Crippen molar-refractivity contribution in [2.45, 2.75) is 26.3 Å². The molecule has 0 unspecified atom stereocenters. The Morgan fingerprint density at radius 3 is 2.55 bits per heavy atom. The summed E-state index contributed by atoms with van der Waals surface area (Å²) < 4.78 is 0. The van der Waals surface area contributed by atoms with E-state index < -0.39 is 0 Å². The van der Waals surface area contributed by atoms with E-state index in [4.69, 9.17) is 0 Å². The standard InChI is InChI=1S/C16H19N3O/c1-12(2)10-14(13-6-4-3-5-7-13)19-16(20)15-11-17-8-9-18-15/h3-9,11-12,14H,10H2,1-2H3,(H,19,20)/t14-/m1/s1. The second-order valence-electron chi connectivity index (χ2n) is 5.16. The van der Waals surface area contributed by atoms with Crippen LogP contribution in [0.3, 0.4) is 0 Å². The van der Waals surface area contributed by atoms with Crippen LogP contribution in [0.2, 0.25) is 0 Å². The molecule has 1 N–H and O–H groups in total. The molecule has 4 heteroatoms. The number of hydrogen-bond acceptors (Lipinski definition) is 3. The van der Waals surface area contributed by atoms with Crippen molar-refractivity contribution in [1.82, 2.24) is 15.3 Å². The van der Waals surface area contributed by atoms with Crippen molar-refractivity contribution >= 4 is 5.91 Å². The Morgan fingerprint density at radius 1 is 1.20 bits per heavy atom. The molecule has 1 heterocycles. The van der Waals surface area contributed by atoms with E-state index in [0.717, 1.165) is 12.0 Å². The maximum absolute atomic E-state index is 12.2. The van der Waals surface area contributed by atoms with E-state index in [1.807, 2.05) is 30.3 Å². The van der Waals surface area contributed by atoms with Crippen molar-refractivity contribution in [2.75, 3.05) is 0 Å². The minimum atomic E-state index is -0.187. The topological polar surface area (TPSA) is 54.9 Å². The summed E-state index contributed by atoms with van der Waals surface area (Å²) in [4.78, 5) is 20.1. The van der Waals surface area contributed by atoms with Gasteiger partial charge >= 0.3 is 0 Å². The highest BCUT2D eigenvalue weighted by atomic mass is 16.1. The van der Waals surface area contributed by atoms with Gasteiger partial charge in [0.05, 0.1) is 12.2 Å². The molecule has 0 aliphatic carbocycles. The predicted molar refractivity (Wildman–Crippen MR) is 78.1 cm³/mol. The van der Waals surface area contributed by atoms with Gasteiger partial charge in [0.25, 0.3) is 5.91 Å². The van der Waals surface area contributed by atoms with Gasteiger partial charge in [-0.25, -0.2) is 4.98 Å². The fourth-order valence-electron chi connectivity index (χ4n) is 2.08.